The van der Waals surface area contributed by atoms with E-state index in [4.69, 9.17) is 4.18 Å². The van der Waals surface area contributed by atoms with Gasteiger partial charge in [0.05, 0.1) is 30.3 Å². The Labute approximate surface area is 228 Å². The van der Waals surface area contributed by atoms with Crippen molar-refractivity contribution in [2.75, 3.05) is 7.11 Å². The van der Waals surface area contributed by atoms with Crippen LogP contribution in [-0.4, -0.2) is 50.0 Å². The maximum absolute atomic E-state index is 13.0. The minimum absolute atomic E-state index is 0.00168. The van der Waals surface area contributed by atoms with Crippen LogP contribution in [0.4, 0.5) is 0 Å². The molecule has 2 rings (SSSR count). The van der Waals surface area contributed by atoms with Crippen molar-refractivity contribution in [3.05, 3.63) is 65.8 Å². The number of hydrogen-bond donors (Lipinski definition) is 2. The molecule has 0 amide bonds. The van der Waals surface area contributed by atoms with Gasteiger partial charge in [-0.1, -0.05) is 60.6 Å². The highest BCUT2D eigenvalue weighted by Crippen LogP contribution is 2.40. The number of methoxy groups -OCH3 is 1. The van der Waals surface area contributed by atoms with E-state index in [0.29, 0.717) is 25.7 Å². The van der Waals surface area contributed by atoms with Gasteiger partial charge in [0.2, 0.25) is 0 Å². The Kier molecular flexibility index (Phi) is 12.9. The number of carbonyl (C=O) groups excluding carboxylic acids is 1. The first-order valence-electron chi connectivity index (χ1n) is 13.3. The third-order valence-electron chi connectivity index (χ3n) is 7.02. The number of aliphatic hydroxyl groups is 2. The summed E-state index contributed by atoms with van der Waals surface area (Å²) in [7, 11) is -2.66. The third-order valence-corrected chi connectivity index (χ3v) is 8.37. The van der Waals surface area contributed by atoms with Crippen molar-refractivity contribution in [1.82, 2.24) is 0 Å². The molecule has 6 atom stereocenters. The van der Waals surface area contributed by atoms with Gasteiger partial charge in [-0.25, -0.2) is 0 Å². The molecule has 0 spiro atoms. The van der Waals surface area contributed by atoms with E-state index in [1.165, 1.54) is 24.8 Å². The molecule has 1 unspecified atom stereocenters. The summed E-state index contributed by atoms with van der Waals surface area (Å²) >= 11 is 0. The van der Waals surface area contributed by atoms with Crippen LogP contribution in [0.1, 0.15) is 64.9 Å². The Balaban J connectivity index is 2.18. The zero-order valence-corrected chi connectivity index (χ0v) is 24.1. The lowest BCUT2D eigenvalue weighted by molar-refractivity contribution is -0.140. The highest BCUT2D eigenvalue weighted by Gasteiger charge is 2.43. The molecule has 38 heavy (non-hydrogen) atoms. The second-order valence-electron chi connectivity index (χ2n) is 10.5. The van der Waals surface area contributed by atoms with E-state index in [0.717, 1.165) is 12.0 Å². The van der Waals surface area contributed by atoms with E-state index in [1.54, 1.807) is 18.2 Å². The van der Waals surface area contributed by atoms with Crippen molar-refractivity contribution < 1.29 is 32.3 Å². The smallest absolute Gasteiger partial charge is 0.305 e. The van der Waals surface area contributed by atoms with Gasteiger partial charge in [0.1, 0.15) is 0 Å². The highest BCUT2D eigenvalue weighted by atomic mass is 32.2. The predicted octanol–water partition coefficient (Wildman–Crippen LogP) is 5.27. The number of unbranched alkanes of at least 4 members (excludes halogenated alkanes) is 1. The lowest BCUT2D eigenvalue weighted by atomic mass is 9.88. The average molecular weight is 549 g/mol. The Morgan fingerprint density at radius 3 is 2.50 bits per heavy atom. The molecule has 0 saturated heterocycles. The summed E-state index contributed by atoms with van der Waals surface area (Å²) in [6, 6.07) is 6.48. The minimum Gasteiger partial charge on any atom is -0.469 e. The first kappa shape index (κ1) is 32.0. The van der Waals surface area contributed by atoms with E-state index < -0.39 is 28.4 Å². The first-order valence-corrected chi connectivity index (χ1v) is 14.7. The van der Waals surface area contributed by atoms with Crippen molar-refractivity contribution >= 4 is 16.1 Å². The van der Waals surface area contributed by atoms with Gasteiger partial charge in [-0.3, -0.25) is 8.98 Å². The van der Waals surface area contributed by atoms with Crippen LogP contribution in [0, 0.1) is 24.7 Å². The monoisotopic (exact) mass is 548 g/mol. The van der Waals surface area contributed by atoms with E-state index in [-0.39, 0.29) is 35.0 Å². The third kappa shape index (κ3) is 10.1. The largest absolute Gasteiger partial charge is 0.469 e. The summed E-state index contributed by atoms with van der Waals surface area (Å²) in [5, 5.41) is 21.5. The van der Waals surface area contributed by atoms with Gasteiger partial charge < -0.3 is 14.9 Å². The fraction of sp³-hybridized carbons (Fsp3) is 0.567. The van der Waals surface area contributed by atoms with Crippen LogP contribution in [0.25, 0.3) is 0 Å². The highest BCUT2D eigenvalue weighted by molar-refractivity contribution is 7.86. The van der Waals surface area contributed by atoms with E-state index in [9.17, 15) is 23.4 Å². The number of rotatable bonds is 14. The van der Waals surface area contributed by atoms with Gasteiger partial charge >= 0.3 is 5.97 Å². The summed E-state index contributed by atoms with van der Waals surface area (Å²) in [5.74, 6) is -0.937. The molecule has 0 heterocycles. The van der Waals surface area contributed by atoms with Crippen molar-refractivity contribution in [2.45, 2.75) is 89.4 Å². The topological polar surface area (TPSA) is 110 Å². The Bertz CT molecular complexity index is 1070. The number of esters is 1. The summed E-state index contributed by atoms with van der Waals surface area (Å²) < 4.78 is 36.4. The van der Waals surface area contributed by atoms with Crippen molar-refractivity contribution in [3.63, 3.8) is 0 Å². The van der Waals surface area contributed by atoms with Crippen LogP contribution in [0.15, 0.2) is 65.1 Å². The molecule has 8 heteroatoms. The Morgan fingerprint density at radius 1 is 1.18 bits per heavy atom. The molecule has 0 bridgehead atoms. The van der Waals surface area contributed by atoms with Crippen LogP contribution in [-0.2, 0) is 23.8 Å². The van der Waals surface area contributed by atoms with Crippen molar-refractivity contribution in [2.24, 2.45) is 17.8 Å². The fourth-order valence-corrected chi connectivity index (χ4v) is 5.67. The number of ether oxygens (including phenoxy) is 1. The molecule has 7 nitrogen and oxygen atoms in total. The molecule has 1 aromatic carbocycles. The van der Waals surface area contributed by atoms with Gasteiger partial charge in [-0.15, -0.1) is 0 Å². The first-order chi connectivity index (χ1) is 17.9. The van der Waals surface area contributed by atoms with Crippen molar-refractivity contribution in [1.29, 1.82) is 0 Å². The van der Waals surface area contributed by atoms with Gasteiger partial charge in [0, 0.05) is 18.8 Å². The number of carbonyl (C=O) groups is 1. The molecular weight excluding hydrogens is 504 g/mol. The summed E-state index contributed by atoms with van der Waals surface area (Å²) in [6.45, 7) is 7.88. The Morgan fingerprint density at radius 2 is 1.87 bits per heavy atom. The van der Waals surface area contributed by atoms with E-state index in [1.807, 2.05) is 45.9 Å². The van der Waals surface area contributed by atoms with Crippen LogP contribution in [0.3, 0.4) is 0 Å². The second-order valence-corrected chi connectivity index (χ2v) is 12.1. The molecule has 0 aliphatic heterocycles. The van der Waals surface area contributed by atoms with Gasteiger partial charge in [-0.05, 0) is 70.4 Å². The lowest BCUT2D eigenvalue weighted by Gasteiger charge is -2.23. The fourth-order valence-electron chi connectivity index (χ4n) is 4.55. The normalized spacial score (nSPS) is 23.6. The molecule has 1 saturated carbocycles. The molecule has 0 aromatic heterocycles. The number of hydrogen-bond acceptors (Lipinski definition) is 7. The number of benzene rings is 1. The maximum atomic E-state index is 13.0. The molecule has 1 aromatic rings. The van der Waals surface area contributed by atoms with Crippen LogP contribution >= 0.6 is 0 Å². The standard InChI is InChI=1S/C30H44O7S/c1-21(2)12-15-23(4)27(31)19-18-25-26(10-8-6-7-9-11-30(33)36-5)29(20-28(25)32)37-38(34,35)24-16-13-22(3)14-17-24/h6,8,12-14,16-19,23,25-29,31-32H,7,9-11,15,20H2,1-5H3/t23?,25-,26-,27-,28-,29-/m1/s1. The summed E-state index contributed by atoms with van der Waals surface area (Å²) in [4.78, 5) is 11.4. The number of aliphatic hydroxyl groups excluding tert-OH is 2. The molecule has 212 valence electrons. The van der Waals surface area contributed by atoms with Gasteiger partial charge in [0.25, 0.3) is 10.1 Å². The average Bonchev–Trinajstić information content (AvgIpc) is 3.15. The molecule has 1 aliphatic rings. The van der Waals surface area contributed by atoms with E-state index in [2.05, 4.69) is 10.8 Å². The van der Waals surface area contributed by atoms with Crippen LogP contribution < -0.4 is 0 Å². The minimum atomic E-state index is -4.02. The lowest BCUT2D eigenvalue weighted by Crippen LogP contribution is -2.25. The zero-order chi connectivity index (χ0) is 28.3. The second kappa shape index (κ2) is 15.4. The maximum Gasteiger partial charge on any atom is 0.305 e. The SMILES string of the molecule is COC(=O)CCCC=CC[C@@H]1[C@@H](C=C[C@@H](O)C(C)CC=C(C)C)[C@H](O)C[C@H]1OS(=O)(=O)c1ccc(C)cc1. The number of allylic oxidation sites excluding steroid dienone is 4. The predicted molar refractivity (Wildman–Crippen MR) is 149 cm³/mol. The van der Waals surface area contributed by atoms with Crippen LogP contribution in [0.5, 0.6) is 0 Å². The number of aryl methyl sites for hydroxylation is 1. The molecular formula is C30H44O7S. The molecule has 2 N–H and O–H groups in total. The Hall–Kier alpha value is -2.26. The summed E-state index contributed by atoms with van der Waals surface area (Å²) in [6.07, 6.45) is 10.4. The van der Waals surface area contributed by atoms with E-state index >= 15 is 0 Å². The van der Waals surface area contributed by atoms with Crippen LogP contribution in [0.2, 0.25) is 0 Å². The molecule has 1 fully saturated rings. The van der Waals surface area contributed by atoms with Gasteiger partial charge in [0.15, 0.2) is 0 Å². The summed E-state index contributed by atoms with van der Waals surface area (Å²) in [5.41, 5.74) is 2.13. The molecule has 1 aliphatic carbocycles. The zero-order valence-electron chi connectivity index (χ0n) is 23.2. The quantitative estimate of drug-likeness (QED) is 0.141. The molecule has 0 radical (unpaired) electrons. The van der Waals surface area contributed by atoms with Gasteiger partial charge in [-0.2, -0.15) is 8.42 Å². The van der Waals surface area contributed by atoms with Crippen molar-refractivity contribution in [3.8, 4) is 0 Å².